The Hall–Kier alpha value is -2.51. The third-order valence-corrected chi connectivity index (χ3v) is 3.50. The van der Waals surface area contributed by atoms with Gasteiger partial charge in [-0.3, -0.25) is 4.79 Å². The smallest absolute Gasteiger partial charge is 0.256 e. The zero-order valence-electron chi connectivity index (χ0n) is 11.6. The van der Waals surface area contributed by atoms with Crippen molar-refractivity contribution in [1.82, 2.24) is 0 Å². The van der Waals surface area contributed by atoms with Gasteiger partial charge < -0.3 is 10.1 Å². The molecule has 106 valence electrons. The lowest BCUT2D eigenvalue weighted by Gasteiger charge is -2.12. The zero-order chi connectivity index (χ0) is 15.4. The maximum Gasteiger partial charge on any atom is 0.256 e. The number of nitrogens with one attached hydrogen (secondary N) is 1. The molecule has 5 heteroatoms. The van der Waals surface area contributed by atoms with Gasteiger partial charge in [-0.15, -0.1) is 0 Å². The molecule has 0 saturated heterocycles. The largest absolute Gasteiger partial charge is 0.495 e. The number of halogens is 1. The van der Waals surface area contributed by atoms with Crippen molar-refractivity contribution >= 4 is 23.2 Å². The van der Waals surface area contributed by atoms with E-state index in [0.29, 0.717) is 33.1 Å². The molecule has 0 bridgehead atoms. The van der Waals surface area contributed by atoms with Gasteiger partial charge in [-0.1, -0.05) is 17.7 Å². The van der Waals surface area contributed by atoms with Gasteiger partial charge in [0.15, 0.2) is 0 Å². The molecule has 4 nitrogen and oxygen atoms in total. The van der Waals surface area contributed by atoms with Gasteiger partial charge in [-0.05, 0) is 36.8 Å². The molecule has 21 heavy (non-hydrogen) atoms. The Morgan fingerprint density at radius 2 is 2.10 bits per heavy atom. The lowest BCUT2D eigenvalue weighted by molar-refractivity contribution is 0.102. The predicted octanol–water partition coefficient (Wildman–Crippen LogP) is 3.78. The van der Waals surface area contributed by atoms with Gasteiger partial charge in [0, 0.05) is 16.7 Å². The first-order valence-corrected chi connectivity index (χ1v) is 6.59. The number of nitriles is 1. The van der Waals surface area contributed by atoms with Crippen LogP contribution in [0.1, 0.15) is 21.5 Å². The van der Waals surface area contributed by atoms with E-state index in [1.165, 1.54) is 7.11 Å². The van der Waals surface area contributed by atoms with Gasteiger partial charge in [-0.25, -0.2) is 0 Å². The van der Waals surface area contributed by atoms with Crippen LogP contribution in [-0.4, -0.2) is 13.0 Å². The highest BCUT2D eigenvalue weighted by Gasteiger charge is 2.13. The normalized spacial score (nSPS) is 9.81. The number of hydrogen-bond acceptors (Lipinski definition) is 3. The fourth-order valence-electron chi connectivity index (χ4n) is 1.91. The highest BCUT2D eigenvalue weighted by molar-refractivity contribution is 6.32. The van der Waals surface area contributed by atoms with Crippen LogP contribution in [0, 0.1) is 18.3 Å². The van der Waals surface area contributed by atoms with E-state index in [1.807, 2.05) is 6.07 Å². The lowest BCUT2D eigenvalue weighted by atomic mass is 10.1. The Balaban J connectivity index is 2.32. The van der Waals surface area contributed by atoms with Crippen LogP contribution in [0.25, 0.3) is 0 Å². The molecule has 0 aliphatic carbocycles. The first-order chi connectivity index (χ1) is 10.1. The SMILES string of the molecule is COc1cc(C#N)ccc1NC(=O)c1cccc(Cl)c1C. The van der Waals surface area contributed by atoms with Crippen molar-refractivity contribution in [3.05, 3.63) is 58.1 Å². The second-order valence-electron chi connectivity index (χ2n) is 4.39. The minimum absolute atomic E-state index is 0.280. The van der Waals surface area contributed by atoms with Crippen LogP contribution in [0.3, 0.4) is 0 Å². The van der Waals surface area contributed by atoms with E-state index in [0.717, 1.165) is 0 Å². The van der Waals surface area contributed by atoms with Crippen molar-refractivity contribution in [2.45, 2.75) is 6.92 Å². The fourth-order valence-corrected chi connectivity index (χ4v) is 2.08. The number of anilines is 1. The maximum absolute atomic E-state index is 12.3. The van der Waals surface area contributed by atoms with Crippen LogP contribution in [0.4, 0.5) is 5.69 Å². The molecule has 0 saturated carbocycles. The van der Waals surface area contributed by atoms with Crippen molar-refractivity contribution in [1.29, 1.82) is 5.26 Å². The molecule has 0 aliphatic heterocycles. The Kier molecular flexibility index (Phi) is 4.46. The van der Waals surface area contributed by atoms with Crippen molar-refractivity contribution < 1.29 is 9.53 Å². The maximum atomic E-state index is 12.3. The van der Waals surface area contributed by atoms with Crippen LogP contribution in [0.2, 0.25) is 5.02 Å². The summed E-state index contributed by atoms with van der Waals surface area (Å²) in [5.74, 6) is 0.153. The van der Waals surface area contributed by atoms with E-state index in [-0.39, 0.29) is 5.91 Å². The summed E-state index contributed by atoms with van der Waals surface area (Å²) in [6.07, 6.45) is 0. The number of ether oxygens (including phenoxy) is 1. The fraction of sp³-hybridized carbons (Fsp3) is 0.125. The topological polar surface area (TPSA) is 62.1 Å². The molecule has 0 aromatic heterocycles. The summed E-state index contributed by atoms with van der Waals surface area (Å²) in [4.78, 5) is 12.3. The third kappa shape index (κ3) is 3.15. The Morgan fingerprint density at radius 1 is 1.33 bits per heavy atom. The Morgan fingerprint density at radius 3 is 2.76 bits per heavy atom. The van der Waals surface area contributed by atoms with Gasteiger partial charge >= 0.3 is 0 Å². The quantitative estimate of drug-likeness (QED) is 0.938. The molecule has 2 aromatic rings. The van der Waals surface area contributed by atoms with Crippen molar-refractivity contribution in [3.8, 4) is 11.8 Å². The van der Waals surface area contributed by atoms with E-state index >= 15 is 0 Å². The average Bonchev–Trinajstić information content (AvgIpc) is 2.50. The molecular formula is C16H13ClN2O2. The zero-order valence-corrected chi connectivity index (χ0v) is 12.4. The van der Waals surface area contributed by atoms with Crippen LogP contribution < -0.4 is 10.1 Å². The second-order valence-corrected chi connectivity index (χ2v) is 4.80. The highest BCUT2D eigenvalue weighted by Crippen LogP contribution is 2.27. The molecule has 0 radical (unpaired) electrons. The monoisotopic (exact) mass is 300 g/mol. The number of rotatable bonds is 3. The summed E-state index contributed by atoms with van der Waals surface area (Å²) in [6.45, 7) is 1.78. The molecule has 1 N–H and O–H groups in total. The van der Waals surface area contributed by atoms with E-state index in [2.05, 4.69) is 5.32 Å². The number of carbonyl (C=O) groups is 1. The van der Waals surface area contributed by atoms with E-state index in [9.17, 15) is 4.79 Å². The molecular weight excluding hydrogens is 288 g/mol. The van der Waals surface area contributed by atoms with Crippen molar-refractivity contribution in [3.63, 3.8) is 0 Å². The minimum atomic E-state index is -0.280. The molecule has 0 unspecified atom stereocenters. The summed E-state index contributed by atoms with van der Waals surface area (Å²) in [5.41, 5.74) is 2.17. The molecule has 1 amide bonds. The number of nitrogens with zero attached hydrogens (tertiary/aromatic N) is 1. The summed E-state index contributed by atoms with van der Waals surface area (Å²) in [6, 6.07) is 12.0. The Labute approximate surface area is 127 Å². The summed E-state index contributed by atoms with van der Waals surface area (Å²) >= 11 is 6.02. The molecule has 0 spiro atoms. The second kappa shape index (κ2) is 6.29. The van der Waals surface area contributed by atoms with Crippen molar-refractivity contribution in [2.24, 2.45) is 0 Å². The average molecular weight is 301 g/mol. The lowest BCUT2D eigenvalue weighted by Crippen LogP contribution is -2.14. The summed E-state index contributed by atoms with van der Waals surface area (Å²) in [7, 11) is 1.48. The number of methoxy groups -OCH3 is 1. The van der Waals surface area contributed by atoms with Gasteiger partial charge in [-0.2, -0.15) is 5.26 Å². The summed E-state index contributed by atoms with van der Waals surface area (Å²) in [5, 5.41) is 12.2. The first-order valence-electron chi connectivity index (χ1n) is 6.21. The van der Waals surface area contributed by atoms with E-state index in [1.54, 1.807) is 43.3 Å². The van der Waals surface area contributed by atoms with Gasteiger partial charge in [0.1, 0.15) is 5.75 Å². The first kappa shape index (κ1) is 14.9. The van der Waals surface area contributed by atoms with Crippen LogP contribution in [0.5, 0.6) is 5.75 Å². The van der Waals surface area contributed by atoms with Gasteiger partial charge in [0.25, 0.3) is 5.91 Å². The number of amides is 1. The third-order valence-electron chi connectivity index (χ3n) is 3.09. The minimum Gasteiger partial charge on any atom is -0.495 e. The predicted molar refractivity (Wildman–Crippen MR) is 81.9 cm³/mol. The van der Waals surface area contributed by atoms with Crippen molar-refractivity contribution in [2.75, 3.05) is 12.4 Å². The van der Waals surface area contributed by atoms with Crippen LogP contribution in [0.15, 0.2) is 36.4 Å². The number of benzene rings is 2. The standard InChI is InChI=1S/C16H13ClN2O2/c1-10-12(4-3-5-13(10)17)16(20)19-14-7-6-11(9-18)8-15(14)21-2/h3-8H,1-2H3,(H,19,20). The van der Waals surface area contributed by atoms with Gasteiger partial charge in [0.05, 0.1) is 24.4 Å². The van der Waals surface area contributed by atoms with E-state index in [4.69, 9.17) is 21.6 Å². The van der Waals surface area contributed by atoms with Gasteiger partial charge in [0.2, 0.25) is 0 Å². The van der Waals surface area contributed by atoms with Crippen LogP contribution >= 0.6 is 11.6 Å². The Bertz CT molecular complexity index is 736. The number of hydrogen-bond donors (Lipinski definition) is 1. The van der Waals surface area contributed by atoms with Crippen LogP contribution in [-0.2, 0) is 0 Å². The molecule has 0 aliphatic rings. The highest BCUT2D eigenvalue weighted by atomic mass is 35.5. The molecule has 0 atom stereocenters. The molecule has 2 aromatic carbocycles. The molecule has 0 fully saturated rings. The molecule has 2 rings (SSSR count). The van der Waals surface area contributed by atoms with E-state index < -0.39 is 0 Å². The summed E-state index contributed by atoms with van der Waals surface area (Å²) < 4.78 is 5.19. The number of carbonyl (C=O) groups excluding carboxylic acids is 1. The molecule has 0 heterocycles.